The van der Waals surface area contributed by atoms with Crippen LogP contribution in [0.1, 0.15) is 53.2 Å². The van der Waals surface area contributed by atoms with Crippen molar-refractivity contribution in [3.63, 3.8) is 0 Å². The van der Waals surface area contributed by atoms with E-state index in [2.05, 4.69) is 32.7 Å². The molecule has 1 aliphatic carbocycles. The molecule has 3 aromatic rings. The van der Waals surface area contributed by atoms with Crippen molar-refractivity contribution in [1.29, 1.82) is 0 Å². The Balaban J connectivity index is 1.40. The van der Waals surface area contributed by atoms with Crippen molar-refractivity contribution in [1.82, 2.24) is 15.3 Å². The van der Waals surface area contributed by atoms with E-state index in [4.69, 9.17) is 11.6 Å². The van der Waals surface area contributed by atoms with Gasteiger partial charge in [0.25, 0.3) is 11.5 Å². The quantitative estimate of drug-likeness (QED) is 0.424. The second-order valence-electron chi connectivity index (χ2n) is 8.36. The number of anilines is 1. The molecule has 1 aliphatic rings. The Morgan fingerprint density at radius 2 is 1.64 bits per heavy atom. The number of carbonyl (C=O) groups is 1. The van der Waals surface area contributed by atoms with Crippen LogP contribution in [0.2, 0.25) is 5.02 Å². The smallest absolute Gasteiger partial charge is 0.326 e. The van der Waals surface area contributed by atoms with Crippen molar-refractivity contribution < 1.29 is 4.79 Å². The lowest BCUT2D eigenvalue weighted by Gasteiger charge is -2.29. The Morgan fingerprint density at radius 1 is 0.939 bits per heavy atom. The van der Waals surface area contributed by atoms with E-state index in [1.807, 2.05) is 36.4 Å². The molecule has 33 heavy (non-hydrogen) atoms. The summed E-state index contributed by atoms with van der Waals surface area (Å²) in [7, 11) is 0. The molecule has 0 saturated heterocycles. The average Bonchev–Trinajstić information content (AvgIpc) is 2.82. The first kappa shape index (κ1) is 22.9. The lowest BCUT2D eigenvalue weighted by molar-refractivity contribution is 0.0921. The lowest BCUT2D eigenvalue weighted by atomic mass is 9.82. The highest BCUT2D eigenvalue weighted by Crippen LogP contribution is 2.32. The molecule has 1 amide bonds. The van der Waals surface area contributed by atoms with E-state index in [0.29, 0.717) is 23.9 Å². The predicted octanol–water partition coefficient (Wildman–Crippen LogP) is 3.83. The van der Waals surface area contributed by atoms with E-state index >= 15 is 0 Å². The molecule has 4 N–H and O–H groups in total. The molecule has 0 bridgehead atoms. The van der Waals surface area contributed by atoms with Gasteiger partial charge in [-0.15, -0.1) is 0 Å². The van der Waals surface area contributed by atoms with Gasteiger partial charge >= 0.3 is 5.69 Å². The predicted molar refractivity (Wildman–Crippen MR) is 130 cm³/mol. The number of H-pyrrole nitrogens is 2. The molecule has 1 heterocycles. The van der Waals surface area contributed by atoms with Gasteiger partial charge in [-0.2, -0.15) is 0 Å². The molecule has 7 nitrogen and oxygen atoms in total. The number of hydrogen-bond donors (Lipinski definition) is 4. The largest absolute Gasteiger partial charge is 0.378 e. The summed E-state index contributed by atoms with van der Waals surface area (Å²) in [6, 6.07) is 17.8. The molecular formula is C25H27ClN4O3. The Bertz CT molecular complexity index is 1210. The second-order valence-corrected chi connectivity index (χ2v) is 8.77. The second kappa shape index (κ2) is 10.5. The molecule has 1 saturated carbocycles. The van der Waals surface area contributed by atoms with Crippen LogP contribution in [0, 0.1) is 0 Å². The SMILES string of the molecule is O=C(NC1CCC(c2ccccc2)CC1)c1[nH]c(=O)[nH]c(=O)c1NCCc1ccccc1Cl. The number of amides is 1. The number of rotatable bonds is 7. The molecule has 0 aliphatic heterocycles. The number of benzene rings is 2. The molecule has 0 unspecified atom stereocenters. The maximum absolute atomic E-state index is 13.0. The molecule has 4 rings (SSSR count). The number of aromatic amines is 2. The minimum atomic E-state index is -0.713. The fourth-order valence-corrected chi connectivity index (χ4v) is 4.63. The number of halogens is 1. The summed E-state index contributed by atoms with van der Waals surface area (Å²) in [4.78, 5) is 41.9. The summed E-state index contributed by atoms with van der Waals surface area (Å²) in [6.07, 6.45) is 4.19. The van der Waals surface area contributed by atoms with Crippen LogP contribution >= 0.6 is 11.6 Å². The van der Waals surface area contributed by atoms with Gasteiger partial charge in [-0.25, -0.2) is 4.79 Å². The summed E-state index contributed by atoms with van der Waals surface area (Å²) < 4.78 is 0. The minimum Gasteiger partial charge on any atom is -0.378 e. The Hall–Kier alpha value is -3.32. The third-order valence-electron chi connectivity index (χ3n) is 6.16. The maximum atomic E-state index is 13.0. The van der Waals surface area contributed by atoms with Gasteiger partial charge in [0, 0.05) is 17.6 Å². The first-order chi connectivity index (χ1) is 16.0. The van der Waals surface area contributed by atoms with Crippen LogP contribution in [0.4, 0.5) is 5.69 Å². The fourth-order valence-electron chi connectivity index (χ4n) is 4.40. The van der Waals surface area contributed by atoms with Gasteiger partial charge < -0.3 is 15.6 Å². The first-order valence-electron chi connectivity index (χ1n) is 11.2. The molecule has 1 fully saturated rings. The zero-order valence-electron chi connectivity index (χ0n) is 18.2. The fraction of sp³-hybridized carbons (Fsp3) is 0.320. The van der Waals surface area contributed by atoms with Gasteiger partial charge in [-0.1, -0.05) is 60.1 Å². The highest BCUT2D eigenvalue weighted by Gasteiger charge is 2.25. The van der Waals surface area contributed by atoms with Crippen molar-refractivity contribution in [3.8, 4) is 0 Å². The Kier molecular flexibility index (Phi) is 7.29. The van der Waals surface area contributed by atoms with Crippen molar-refractivity contribution in [2.45, 2.75) is 44.1 Å². The summed E-state index contributed by atoms with van der Waals surface area (Å²) in [5.74, 6) is 0.0300. The van der Waals surface area contributed by atoms with E-state index in [1.165, 1.54) is 5.56 Å². The molecular weight excluding hydrogens is 440 g/mol. The zero-order chi connectivity index (χ0) is 23.2. The summed E-state index contributed by atoms with van der Waals surface area (Å²) in [5.41, 5.74) is 0.913. The van der Waals surface area contributed by atoms with Crippen molar-refractivity contribution in [3.05, 3.63) is 97.3 Å². The van der Waals surface area contributed by atoms with Crippen molar-refractivity contribution >= 4 is 23.2 Å². The molecule has 2 aromatic carbocycles. The standard InChI is InChI=1S/C25H27ClN4O3/c26-20-9-5-4-8-18(20)14-15-27-21-22(29-25(33)30-23(21)31)24(32)28-19-12-10-17(11-13-19)16-6-2-1-3-7-16/h1-9,17,19,27H,10-15H2,(H,28,32)(H2,29,30,31,33). The zero-order valence-corrected chi connectivity index (χ0v) is 19.0. The highest BCUT2D eigenvalue weighted by molar-refractivity contribution is 6.31. The van der Waals surface area contributed by atoms with Gasteiger partial charge in [-0.05, 0) is 55.2 Å². The number of carbonyl (C=O) groups excluding carboxylic acids is 1. The van der Waals surface area contributed by atoms with E-state index < -0.39 is 17.2 Å². The van der Waals surface area contributed by atoms with E-state index in [1.54, 1.807) is 6.07 Å². The Labute approximate surface area is 196 Å². The molecule has 1 aromatic heterocycles. The van der Waals surface area contributed by atoms with E-state index in [0.717, 1.165) is 31.2 Å². The third kappa shape index (κ3) is 5.73. The van der Waals surface area contributed by atoms with Crippen molar-refractivity contribution in [2.24, 2.45) is 0 Å². The van der Waals surface area contributed by atoms with Crippen LogP contribution in [-0.4, -0.2) is 28.5 Å². The first-order valence-corrected chi connectivity index (χ1v) is 11.6. The lowest BCUT2D eigenvalue weighted by Crippen LogP contribution is -2.40. The van der Waals surface area contributed by atoms with Crippen LogP contribution in [0.3, 0.4) is 0 Å². The third-order valence-corrected chi connectivity index (χ3v) is 6.53. The number of nitrogens with one attached hydrogen (secondary N) is 4. The van der Waals surface area contributed by atoms with Crippen LogP contribution in [0.25, 0.3) is 0 Å². The molecule has 172 valence electrons. The van der Waals surface area contributed by atoms with Gasteiger partial charge in [0.2, 0.25) is 0 Å². The number of hydrogen-bond acceptors (Lipinski definition) is 4. The summed E-state index contributed by atoms with van der Waals surface area (Å²) >= 11 is 6.19. The van der Waals surface area contributed by atoms with Crippen molar-refractivity contribution in [2.75, 3.05) is 11.9 Å². The van der Waals surface area contributed by atoms with Gasteiger partial charge in [-0.3, -0.25) is 14.6 Å². The maximum Gasteiger partial charge on any atom is 0.326 e. The van der Waals surface area contributed by atoms with Gasteiger partial charge in [0.15, 0.2) is 0 Å². The van der Waals surface area contributed by atoms with Crippen LogP contribution < -0.4 is 21.9 Å². The van der Waals surface area contributed by atoms with Crippen LogP contribution in [0.15, 0.2) is 64.2 Å². The molecule has 8 heteroatoms. The van der Waals surface area contributed by atoms with Gasteiger partial charge in [0.1, 0.15) is 11.4 Å². The summed E-state index contributed by atoms with van der Waals surface area (Å²) in [5, 5.41) is 6.63. The molecule has 0 radical (unpaired) electrons. The van der Waals surface area contributed by atoms with Gasteiger partial charge in [0.05, 0.1) is 0 Å². The van der Waals surface area contributed by atoms with Crippen LogP contribution in [-0.2, 0) is 6.42 Å². The number of aromatic nitrogens is 2. The van der Waals surface area contributed by atoms with E-state index in [-0.39, 0.29) is 17.4 Å². The monoisotopic (exact) mass is 466 g/mol. The minimum absolute atomic E-state index is 0.00349. The topological polar surface area (TPSA) is 107 Å². The molecule has 0 atom stereocenters. The Morgan fingerprint density at radius 3 is 2.36 bits per heavy atom. The normalized spacial score (nSPS) is 18.0. The summed E-state index contributed by atoms with van der Waals surface area (Å²) in [6.45, 7) is 0.376. The van der Waals surface area contributed by atoms with Crippen LogP contribution in [0.5, 0.6) is 0 Å². The van der Waals surface area contributed by atoms with E-state index in [9.17, 15) is 14.4 Å². The molecule has 0 spiro atoms. The highest BCUT2D eigenvalue weighted by atomic mass is 35.5. The average molecular weight is 467 g/mol.